The number of hydrogen-bond donors (Lipinski definition) is 2. The largest absolute Gasteiger partial charge is 0.573 e. The maximum absolute atomic E-state index is 12.5. The number of fused-ring (bicyclic) bond motifs is 2. The highest BCUT2D eigenvalue weighted by atomic mass is 19.4. The van der Waals surface area contributed by atoms with E-state index < -0.39 is 6.36 Å². The fourth-order valence-corrected chi connectivity index (χ4v) is 3.69. The van der Waals surface area contributed by atoms with Crippen LogP contribution in [0.15, 0.2) is 42.7 Å². The molecular weight excluding hydrogens is 439 g/mol. The van der Waals surface area contributed by atoms with E-state index in [0.717, 1.165) is 16.6 Å². The lowest BCUT2D eigenvalue weighted by atomic mass is 10.2. The van der Waals surface area contributed by atoms with Crippen LogP contribution in [0.1, 0.15) is 17.8 Å². The molecule has 0 aliphatic heterocycles. The van der Waals surface area contributed by atoms with Gasteiger partial charge in [-0.05, 0) is 36.8 Å². The average Bonchev–Trinajstić information content (AvgIpc) is 3.28. The topological polar surface area (TPSA) is 94.2 Å². The van der Waals surface area contributed by atoms with E-state index >= 15 is 0 Å². The number of ether oxygens (including phenoxy) is 1. The van der Waals surface area contributed by atoms with E-state index in [1.54, 1.807) is 35.3 Å². The zero-order valence-corrected chi connectivity index (χ0v) is 17.8. The second-order valence-corrected chi connectivity index (χ2v) is 7.58. The highest BCUT2D eigenvalue weighted by Crippen LogP contribution is 2.28. The number of aromatic nitrogens is 4. The molecule has 0 spiro atoms. The summed E-state index contributed by atoms with van der Waals surface area (Å²) < 4.78 is 45.2. The fraction of sp³-hybridized carbons (Fsp3) is 0.318. The van der Waals surface area contributed by atoms with E-state index in [1.165, 1.54) is 12.1 Å². The number of halogens is 3. The summed E-state index contributed by atoms with van der Waals surface area (Å²) >= 11 is 0. The van der Waals surface area contributed by atoms with Crippen LogP contribution in [0.4, 0.5) is 13.2 Å². The molecule has 0 atom stereocenters. The van der Waals surface area contributed by atoms with Gasteiger partial charge in [-0.25, -0.2) is 0 Å². The molecule has 2 N–H and O–H groups in total. The number of carbonyl (C=O) groups excluding carboxylic acids is 1. The lowest BCUT2D eigenvalue weighted by Crippen LogP contribution is -2.26. The molecule has 3 aromatic heterocycles. The SMILES string of the molecule is Cn1c(Cn2cc3c(CC(=O)NCCCO)nccc3n2)cc2cc(OC(F)(F)F)ccc21. The zero-order valence-electron chi connectivity index (χ0n) is 17.8. The van der Waals surface area contributed by atoms with Crippen molar-refractivity contribution in [2.24, 2.45) is 7.05 Å². The number of nitrogens with zero attached hydrogens (tertiary/aromatic N) is 4. The summed E-state index contributed by atoms with van der Waals surface area (Å²) in [6.07, 6.45) is -0.786. The monoisotopic (exact) mass is 461 g/mol. The molecule has 0 unspecified atom stereocenters. The molecule has 0 fully saturated rings. The van der Waals surface area contributed by atoms with Crippen LogP contribution in [0, 0.1) is 0 Å². The minimum Gasteiger partial charge on any atom is -0.406 e. The van der Waals surface area contributed by atoms with Gasteiger partial charge in [0.25, 0.3) is 0 Å². The summed E-state index contributed by atoms with van der Waals surface area (Å²) in [5.74, 6) is -0.466. The van der Waals surface area contributed by atoms with Gasteiger partial charge >= 0.3 is 6.36 Å². The standard InChI is InChI=1S/C22H22F3N5O3/c1-29-15(9-14-10-16(3-4-20(14)29)33-22(23,24)25)12-30-13-17-18(28-30)5-7-26-19(17)11-21(32)27-6-2-8-31/h3-5,7,9-10,13,31H,2,6,8,11-12H2,1H3,(H,27,32). The van der Waals surface area contributed by atoms with Crippen LogP contribution in [0.25, 0.3) is 21.8 Å². The fourth-order valence-electron chi connectivity index (χ4n) is 3.69. The van der Waals surface area contributed by atoms with Crippen molar-refractivity contribution in [3.63, 3.8) is 0 Å². The first-order valence-corrected chi connectivity index (χ1v) is 10.3. The van der Waals surface area contributed by atoms with Crippen LogP contribution >= 0.6 is 0 Å². The number of rotatable bonds is 8. The van der Waals surface area contributed by atoms with Gasteiger partial charge in [0.1, 0.15) is 5.75 Å². The van der Waals surface area contributed by atoms with Gasteiger partial charge in [0.15, 0.2) is 0 Å². The summed E-state index contributed by atoms with van der Waals surface area (Å²) in [6, 6.07) is 7.76. The number of aryl methyl sites for hydroxylation is 1. The van der Waals surface area contributed by atoms with Gasteiger partial charge in [-0.2, -0.15) is 5.10 Å². The van der Waals surface area contributed by atoms with Crippen molar-refractivity contribution in [3.05, 3.63) is 54.1 Å². The molecule has 0 bridgehead atoms. The van der Waals surface area contributed by atoms with Crippen LogP contribution in [0.5, 0.6) is 5.75 Å². The van der Waals surface area contributed by atoms with E-state index in [2.05, 4.69) is 20.1 Å². The maximum atomic E-state index is 12.5. The third-order valence-corrected chi connectivity index (χ3v) is 5.22. The van der Waals surface area contributed by atoms with Crippen LogP contribution in [0.3, 0.4) is 0 Å². The van der Waals surface area contributed by atoms with E-state index in [9.17, 15) is 18.0 Å². The Labute approximate surface area is 186 Å². The normalized spacial score (nSPS) is 11.9. The van der Waals surface area contributed by atoms with Crippen molar-refractivity contribution in [1.82, 2.24) is 24.6 Å². The molecule has 0 aliphatic rings. The number of aliphatic hydroxyl groups excluding tert-OH is 1. The van der Waals surface area contributed by atoms with E-state index in [0.29, 0.717) is 36.1 Å². The summed E-state index contributed by atoms with van der Waals surface area (Å²) in [6.45, 7) is 0.768. The number of aliphatic hydroxyl groups is 1. The molecule has 0 saturated heterocycles. The van der Waals surface area contributed by atoms with Gasteiger partial charge < -0.3 is 19.7 Å². The number of pyridine rings is 1. The number of hydrogen-bond acceptors (Lipinski definition) is 5. The molecule has 1 amide bonds. The van der Waals surface area contributed by atoms with E-state index in [-0.39, 0.29) is 24.7 Å². The second kappa shape index (κ2) is 9.10. The predicted molar refractivity (Wildman–Crippen MR) is 115 cm³/mol. The first-order valence-electron chi connectivity index (χ1n) is 10.3. The summed E-state index contributed by atoms with van der Waals surface area (Å²) in [7, 11) is 1.83. The van der Waals surface area contributed by atoms with Crippen molar-refractivity contribution in [3.8, 4) is 5.75 Å². The number of amides is 1. The Hall–Kier alpha value is -3.60. The molecule has 11 heteroatoms. The van der Waals surface area contributed by atoms with Gasteiger partial charge in [0.2, 0.25) is 5.91 Å². The van der Waals surface area contributed by atoms with Crippen molar-refractivity contribution in [1.29, 1.82) is 0 Å². The first-order chi connectivity index (χ1) is 15.7. The van der Waals surface area contributed by atoms with Crippen molar-refractivity contribution in [2.45, 2.75) is 25.7 Å². The van der Waals surface area contributed by atoms with E-state index in [4.69, 9.17) is 5.11 Å². The zero-order chi connectivity index (χ0) is 23.6. The second-order valence-electron chi connectivity index (χ2n) is 7.58. The Morgan fingerprint density at radius 3 is 2.82 bits per heavy atom. The Morgan fingerprint density at radius 1 is 1.24 bits per heavy atom. The van der Waals surface area contributed by atoms with Crippen molar-refractivity contribution in [2.75, 3.05) is 13.2 Å². The average molecular weight is 461 g/mol. The summed E-state index contributed by atoms with van der Waals surface area (Å²) in [5, 5.41) is 17.5. The molecule has 0 aliphatic carbocycles. The minimum absolute atomic E-state index is 0.00567. The van der Waals surface area contributed by atoms with E-state index in [1.807, 2.05) is 11.6 Å². The molecule has 4 aromatic rings. The lowest BCUT2D eigenvalue weighted by molar-refractivity contribution is -0.274. The lowest BCUT2D eigenvalue weighted by Gasteiger charge is -2.08. The third-order valence-electron chi connectivity index (χ3n) is 5.22. The molecule has 3 heterocycles. The highest BCUT2D eigenvalue weighted by Gasteiger charge is 2.31. The number of alkyl halides is 3. The van der Waals surface area contributed by atoms with Crippen LogP contribution in [-0.2, 0) is 24.8 Å². The molecular formula is C22H22F3N5O3. The molecule has 4 rings (SSSR count). The maximum Gasteiger partial charge on any atom is 0.573 e. The Morgan fingerprint density at radius 2 is 2.06 bits per heavy atom. The van der Waals surface area contributed by atoms with Gasteiger partial charge in [-0.1, -0.05) is 0 Å². The van der Waals surface area contributed by atoms with Crippen LogP contribution in [0.2, 0.25) is 0 Å². The molecule has 33 heavy (non-hydrogen) atoms. The van der Waals surface area contributed by atoms with Crippen LogP contribution < -0.4 is 10.1 Å². The first kappa shape index (κ1) is 22.6. The third kappa shape index (κ3) is 5.25. The summed E-state index contributed by atoms with van der Waals surface area (Å²) in [4.78, 5) is 16.5. The molecule has 1 aromatic carbocycles. The summed E-state index contributed by atoms with van der Waals surface area (Å²) in [5.41, 5.74) is 2.87. The molecule has 0 saturated carbocycles. The van der Waals surface area contributed by atoms with Crippen LogP contribution in [-0.4, -0.2) is 49.9 Å². The van der Waals surface area contributed by atoms with Gasteiger partial charge in [0, 0.05) is 54.6 Å². The minimum atomic E-state index is -4.75. The van der Waals surface area contributed by atoms with Crippen molar-refractivity contribution >= 4 is 27.7 Å². The predicted octanol–water partition coefficient (Wildman–Crippen LogP) is 2.91. The van der Waals surface area contributed by atoms with Gasteiger partial charge in [-0.15, -0.1) is 13.2 Å². The number of benzene rings is 1. The molecule has 174 valence electrons. The van der Waals surface area contributed by atoms with Gasteiger partial charge in [-0.3, -0.25) is 14.5 Å². The molecule has 0 radical (unpaired) electrons. The smallest absolute Gasteiger partial charge is 0.406 e. The highest BCUT2D eigenvalue weighted by molar-refractivity contribution is 5.86. The Kier molecular flexibility index (Phi) is 6.23. The Bertz CT molecular complexity index is 1300. The molecule has 8 nitrogen and oxygen atoms in total. The van der Waals surface area contributed by atoms with Crippen molar-refractivity contribution < 1.29 is 27.8 Å². The number of carbonyl (C=O) groups is 1. The Balaban J connectivity index is 1.56. The number of nitrogens with one attached hydrogen (secondary N) is 1. The quantitative estimate of drug-likeness (QED) is 0.394. The van der Waals surface area contributed by atoms with Gasteiger partial charge in [0.05, 0.1) is 24.2 Å².